The highest BCUT2D eigenvalue weighted by Gasteiger charge is 2.31. The van der Waals surface area contributed by atoms with E-state index in [4.69, 9.17) is 9.29 Å². The number of carbonyl (C=O) groups is 1. The summed E-state index contributed by atoms with van der Waals surface area (Å²) in [5.41, 5.74) is -1.11. The number of hydrogen-bond acceptors (Lipinski definition) is 7. The zero-order valence-corrected chi connectivity index (χ0v) is 11.4. The highest BCUT2D eigenvalue weighted by atomic mass is 32.2. The SMILES string of the molecule is Cc1oc(=O)oc1COC(=O)C(C)(C)COS(=O)O. The van der Waals surface area contributed by atoms with E-state index in [9.17, 15) is 13.8 Å². The zero-order chi connectivity index (χ0) is 14.6. The summed E-state index contributed by atoms with van der Waals surface area (Å²) in [6.45, 7) is 3.92. The maximum absolute atomic E-state index is 11.7. The Morgan fingerprint density at radius 2 is 2.05 bits per heavy atom. The van der Waals surface area contributed by atoms with E-state index in [1.54, 1.807) is 0 Å². The van der Waals surface area contributed by atoms with Crippen LogP contribution in [-0.2, 0) is 31.7 Å². The van der Waals surface area contributed by atoms with Gasteiger partial charge in [0.15, 0.2) is 18.1 Å². The molecule has 8 nitrogen and oxygen atoms in total. The lowest BCUT2D eigenvalue weighted by Crippen LogP contribution is -2.31. The van der Waals surface area contributed by atoms with Crippen molar-refractivity contribution in [2.24, 2.45) is 5.41 Å². The average Bonchev–Trinajstić information content (AvgIpc) is 2.62. The second kappa shape index (κ2) is 6.13. The minimum absolute atomic E-state index is 0.112. The largest absolute Gasteiger partial charge is 0.519 e. The fraction of sp³-hybridized carbons (Fsp3) is 0.600. The van der Waals surface area contributed by atoms with Crippen LogP contribution in [0.4, 0.5) is 0 Å². The molecule has 0 fully saturated rings. The van der Waals surface area contributed by atoms with Crippen molar-refractivity contribution >= 4 is 17.3 Å². The minimum atomic E-state index is -2.45. The van der Waals surface area contributed by atoms with E-state index < -0.39 is 28.6 Å². The summed E-state index contributed by atoms with van der Waals surface area (Å²) in [6.07, 6.45) is 0. The van der Waals surface area contributed by atoms with Crippen molar-refractivity contribution in [2.45, 2.75) is 27.4 Å². The standard InChI is InChI=1S/C10H14O8S/c1-6-7(18-9(12)17-6)4-15-8(11)10(2,3)5-16-19(13)14/h4-5H2,1-3H3,(H,13,14). The number of ether oxygens (including phenoxy) is 1. The molecule has 0 saturated carbocycles. The predicted molar refractivity (Wildman–Crippen MR) is 62.3 cm³/mol. The topological polar surface area (TPSA) is 116 Å². The molecule has 1 aromatic heterocycles. The summed E-state index contributed by atoms with van der Waals surface area (Å²) in [4.78, 5) is 22.5. The highest BCUT2D eigenvalue weighted by Crippen LogP contribution is 2.19. The van der Waals surface area contributed by atoms with Gasteiger partial charge in [-0.05, 0) is 20.8 Å². The Kier molecular flexibility index (Phi) is 5.04. The molecule has 0 bridgehead atoms. The summed E-state index contributed by atoms with van der Waals surface area (Å²) in [6, 6.07) is 0. The van der Waals surface area contributed by atoms with Crippen LogP contribution < -0.4 is 5.82 Å². The van der Waals surface area contributed by atoms with Crippen molar-refractivity contribution in [1.29, 1.82) is 0 Å². The number of aryl methyl sites for hydroxylation is 1. The van der Waals surface area contributed by atoms with Crippen LogP contribution >= 0.6 is 0 Å². The van der Waals surface area contributed by atoms with Crippen molar-refractivity contribution in [1.82, 2.24) is 0 Å². The average molecular weight is 294 g/mol. The quantitative estimate of drug-likeness (QED) is 0.604. The van der Waals surface area contributed by atoms with E-state index in [-0.39, 0.29) is 24.7 Å². The Bertz CT molecular complexity index is 526. The molecule has 19 heavy (non-hydrogen) atoms. The summed E-state index contributed by atoms with van der Waals surface area (Å²) in [7, 11) is 0. The summed E-state index contributed by atoms with van der Waals surface area (Å²) < 4.78 is 37.5. The number of hydrogen-bond donors (Lipinski definition) is 1. The van der Waals surface area contributed by atoms with Gasteiger partial charge in [-0.2, -0.15) is 4.21 Å². The summed E-state index contributed by atoms with van der Waals surface area (Å²) in [5.74, 6) is -1.20. The van der Waals surface area contributed by atoms with E-state index in [2.05, 4.69) is 13.0 Å². The first kappa shape index (κ1) is 15.6. The lowest BCUT2D eigenvalue weighted by atomic mass is 9.95. The Morgan fingerprint density at radius 3 is 2.53 bits per heavy atom. The van der Waals surface area contributed by atoms with Gasteiger partial charge in [0.1, 0.15) is 0 Å². The summed E-state index contributed by atoms with van der Waals surface area (Å²) >= 11 is -2.45. The first-order chi connectivity index (χ1) is 8.72. The van der Waals surface area contributed by atoms with E-state index in [0.717, 1.165) is 0 Å². The molecule has 0 amide bonds. The van der Waals surface area contributed by atoms with Crippen LogP contribution in [0.1, 0.15) is 25.4 Å². The van der Waals surface area contributed by atoms with Gasteiger partial charge in [-0.3, -0.25) is 13.5 Å². The molecule has 1 N–H and O–H groups in total. The molecule has 9 heteroatoms. The van der Waals surface area contributed by atoms with E-state index >= 15 is 0 Å². The normalized spacial score (nSPS) is 13.3. The van der Waals surface area contributed by atoms with Gasteiger partial charge in [0.05, 0.1) is 12.0 Å². The Hall–Kier alpha value is -1.45. The molecule has 0 aliphatic rings. The van der Waals surface area contributed by atoms with Crippen molar-refractivity contribution < 1.29 is 31.3 Å². The zero-order valence-electron chi connectivity index (χ0n) is 10.6. The van der Waals surface area contributed by atoms with Gasteiger partial charge in [0.25, 0.3) is 0 Å². The lowest BCUT2D eigenvalue weighted by Gasteiger charge is -2.20. The van der Waals surface area contributed by atoms with Crippen molar-refractivity contribution in [3.63, 3.8) is 0 Å². The minimum Gasteiger partial charge on any atom is -0.457 e. The maximum Gasteiger partial charge on any atom is 0.519 e. The molecule has 0 saturated heterocycles. The van der Waals surface area contributed by atoms with Crippen molar-refractivity contribution in [2.75, 3.05) is 6.61 Å². The molecular weight excluding hydrogens is 280 g/mol. The van der Waals surface area contributed by atoms with Crippen molar-refractivity contribution in [3.05, 3.63) is 22.1 Å². The molecule has 1 unspecified atom stereocenters. The van der Waals surface area contributed by atoms with Gasteiger partial charge >= 0.3 is 23.2 Å². The molecule has 1 atom stereocenters. The molecule has 0 radical (unpaired) electrons. The van der Waals surface area contributed by atoms with E-state index in [0.29, 0.717) is 0 Å². The maximum atomic E-state index is 11.7. The smallest absolute Gasteiger partial charge is 0.457 e. The van der Waals surface area contributed by atoms with Crippen LogP contribution in [0.2, 0.25) is 0 Å². The molecule has 1 heterocycles. The van der Waals surface area contributed by atoms with Crippen LogP contribution in [0.25, 0.3) is 0 Å². The second-order valence-electron chi connectivity index (χ2n) is 4.37. The van der Waals surface area contributed by atoms with E-state index in [1.807, 2.05) is 0 Å². The Balaban J connectivity index is 2.57. The fourth-order valence-electron chi connectivity index (χ4n) is 1.09. The first-order valence-corrected chi connectivity index (χ1v) is 6.26. The van der Waals surface area contributed by atoms with Gasteiger partial charge in [-0.25, -0.2) is 4.79 Å². The van der Waals surface area contributed by atoms with E-state index in [1.165, 1.54) is 20.8 Å². The Labute approximate surface area is 111 Å². The Morgan fingerprint density at radius 1 is 1.42 bits per heavy atom. The highest BCUT2D eigenvalue weighted by molar-refractivity contribution is 7.74. The monoisotopic (exact) mass is 294 g/mol. The second-order valence-corrected chi connectivity index (χ2v) is 5.04. The molecule has 1 aromatic rings. The molecule has 108 valence electrons. The third-order valence-corrected chi connectivity index (χ3v) is 2.56. The van der Waals surface area contributed by atoms with Gasteiger partial charge < -0.3 is 13.6 Å². The van der Waals surface area contributed by atoms with Crippen molar-refractivity contribution in [3.8, 4) is 0 Å². The number of esters is 1. The molecule has 0 aliphatic carbocycles. The van der Waals surface area contributed by atoms with Crippen LogP contribution in [0.15, 0.2) is 13.6 Å². The van der Waals surface area contributed by atoms with Crippen LogP contribution in [0, 0.1) is 12.3 Å². The molecular formula is C10H14O8S. The van der Waals surface area contributed by atoms with Gasteiger partial charge in [0, 0.05) is 0 Å². The molecule has 1 rings (SSSR count). The third kappa shape index (κ3) is 4.62. The van der Waals surface area contributed by atoms with Gasteiger partial charge in [-0.15, -0.1) is 0 Å². The van der Waals surface area contributed by atoms with Gasteiger partial charge in [0.2, 0.25) is 0 Å². The van der Waals surface area contributed by atoms with Crippen LogP contribution in [0.5, 0.6) is 0 Å². The first-order valence-electron chi connectivity index (χ1n) is 5.23. The lowest BCUT2D eigenvalue weighted by molar-refractivity contribution is -0.157. The molecule has 0 spiro atoms. The van der Waals surface area contributed by atoms with Crippen LogP contribution in [-0.4, -0.2) is 21.3 Å². The summed E-state index contributed by atoms with van der Waals surface area (Å²) in [5, 5.41) is 0. The number of rotatable bonds is 6. The predicted octanol–water partition coefficient (Wildman–Crippen LogP) is 0.764. The molecule has 0 aromatic carbocycles. The van der Waals surface area contributed by atoms with Crippen LogP contribution in [0.3, 0.4) is 0 Å². The van der Waals surface area contributed by atoms with Gasteiger partial charge in [-0.1, -0.05) is 0 Å². The fourth-order valence-corrected chi connectivity index (χ4v) is 1.48. The molecule has 0 aliphatic heterocycles. The third-order valence-electron chi connectivity index (χ3n) is 2.24. The number of carbonyl (C=O) groups excluding carboxylic acids is 1.